The highest BCUT2D eigenvalue weighted by Crippen LogP contribution is 2.27. The Bertz CT molecular complexity index is 846. The van der Waals surface area contributed by atoms with Crippen LogP contribution in [0.15, 0.2) is 36.5 Å². The van der Waals surface area contributed by atoms with Crippen molar-refractivity contribution in [2.24, 2.45) is 0 Å². The molecule has 1 unspecified atom stereocenters. The SMILES string of the molecule is CC(C)(C)OC(=O)NCCCON1NC=CC1c1cccc(OC[C@@H](O)C(=O)OC(C)(C)C)c1. The molecule has 0 saturated heterocycles. The molecule has 1 aromatic carbocycles. The van der Waals surface area contributed by atoms with E-state index in [0.717, 1.165) is 5.56 Å². The van der Waals surface area contributed by atoms with Crippen LogP contribution in [0.2, 0.25) is 0 Å². The number of aliphatic hydroxyl groups is 1. The molecule has 1 aromatic rings. The molecule has 0 aliphatic carbocycles. The van der Waals surface area contributed by atoms with Crippen LogP contribution in [-0.2, 0) is 19.1 Å². The number of amides is 1. The molecule has 3 N–H and O–H groups in total. The second-order valence-electron chi connectivity index (χ2n) is 9.81. The molecular formula is C24H37N3O7. The zero-order valence-electron chi connectivity index (χ0n) is 20.8. The Morgan fingerprint density at radius 2 is 1.85 bits per heavy atom. The van der Waals surface area contributed by atoms with Gasteiger partial charge in [-0.15, -0.1) is 0 Å². The molecule has 0 saturated carbocycles. The largest absolute Gasteiger partial charge is 0.490 e. The molecule has 1 amide bonds. The number of nitrogens with one attached hydrogen (secondary N) is 2. The Morgan fingerprint density at radius 1 is 1.15 bits per heavy atom. The molecule has 0 spiro atoms. The Morgan fingerprint density at radius 3 is 2.53 bits per heavy atom. The minimum absolute atomic E-state index is 0.210. The predicted octanol–water partition coefficient (Wildman–Crippen LogP) is 2.99. The number of esters is 1. The molecule has 1 aliphatic heterocycles. The third-order valence-electron chi connectivity index (χ3n) is 4.24. The Labute approximate surface area is 201 Å². The summed E-state index contributed by atoms with van der Waals surface area (Å²) in [4.78, 5) is 29.4. The topological polar surface area (TPSA) is 119 Å². The monoisotopic (exact) mass is 479 g/mol. The summed E-state index contributed by atoms with van der Waals surface area (Å²) in [6, 6.07) is 7.08. The number of aliphatic hydroxyl groups excluding tert-OH is 1. The molecule has 0 fully saturated rings. The predicted molar refractivity (Wildman–Crippen MR) is 125 cm³/mol. The normalized spacial score (nSPS) is 17.1. The van der Waals surface area contributed by atoms with Gasteiger partial charge in [-0.3, -0.25) is 4.84 Å². The number of carbonyl (C=O) groups is 2. The van der Waals surface area contributed by atoms with Crippen molar-refractivity contribution in [2.75, 3.05) is 19.8 Å². The Balaban J connectivity index is 1.80. The summed E-state index contributed by atoms with van der Waals surface area (Å²) in [7, 11) is 0. The molecular weight excluding hydrogens is 442 g/mol. The van der Waals surface area contributed by atoms with E-state index in [1.165, 1.54) is 0 Å². The van der Waals surface area contributed by atoms with Crippen molar-refractivity contribution >= 4 is 12.1 Å². The van der Waals surface area contributed by atoms with Crippen LogP contribution in [-0.4, -0.2) is 59.4 Å². The fourth-order valence-corrected chi connectivity index (χ4v) is 2.87. The highest BCUT2D eigenvalue weighted by molar-refractivity contribution is 5.75. The van der Waals surface area contributed by atoms with Gasteiger partial charge in [0.2, 0.25) is 0 Å². The highest BCUT2D eigenvalue weighted by atomic mass is 16.7. The van der Waals surface area contributed by atoms with E-state index < -0.39 is 29.4 Å². The van der Waals surface area contributed by atoms with Gasteiger partial charge in [-0.05, 0) is 71.7 Å². The lowest BCUT2D eigenvalue weighted by atomic mass is 10.1. The van der Waals surface area contributed by atoms with Gasteiger partial charge in [0.1, 0.15) is 29.6 Å². The van der Waals surface area contributed by atoms with Crippen LogP contribution in [0.1, 0.15) is 59.6 Å². The number of hydrogen-bond donors (Lipinski definition) is 3. The van der Waals surface area contributed by atoms with Gasteiger partial charge in [0.15, 0.2) is 6.10 Å². The van der Waals surface area contributed by atoms with Gasteiger partial charge >= 0.3 is 12.1 Å². The zero-order chi connectivity index (χ0) is 25.4. The number of benzene rings is 1. The Kier molecular flexibility index (Phi) is 9.72. The first-order chi connectivity index (χ1) is 15.8. The lowest BCUT2D eigenvalue weighted by Gasteiger charge is -2.24. The first-order valence-electron chi connectivity index (χ1n) is 11.3. The van der Waals surface area contributed by atoms with Crippen LogP contribution in [0.25, 0.3) is 0 Å². The number of ether oxygens (including phenoxy) is 3. The van der Waals surface area contributed by atoms with Gasteiger partial charge in [0, 0.05) is 12.7 Å². The maximum absolute atomic E-state index is 11.9. The smallest absolute Gasteiger partial charge is 0.407 e. The number of carbonyl (C=O) groups excluding carboxylic acids is 2. The summed E-state index contributed by atoms with van der Waals surface area (Å²) in [5, 5.41) is 14.3. The van der Waals surface area contributed by atoms with Crippen molar-refractivity contribution in [1.29, 1.82) is 0 Å². The minimum Gasteiger partial charge on any atom is -0.490 e. The molecule has 190 valence electrons. The van der Waals surface area contributed by atoms with Crippen molar-refractivity contribution in [3.05, 3.63) is 42.1 Å². The first-order valence-corrected chi connectivity index (χ1v) is 11.3. The quantitative estimate of drug-likeness (QED) is 0.344. The standard InChI is InChI=1S/C24H37N3O7/c1-23(2,3)33-21(29)20(28)16-31-18-10-7-9-17(15-18)19-11-13-26-27(19)32-14-8-12-25-22(30)34-24(4,5)6/h7,9-11,13,15,19-20,26,28H,8,12,14,16H2,1-6H3,(H,25,30)/t19?,20-/m1/s1. The van der Waals surface area contributed by atoms with Crippen LogP contribution < -0.4 is 15.5 Å². The summed E-state index contributed by atoms with van der Waals surface area (Å²) in [5.74, 6) is -0.228. The van der Waals surface area contributed by atoms with E-state index in [1.807, 2.05) is 45.0 Å². The van der Waals surface area contributed by atoms with E-state index in [4.69, 9.17) is 19.0 Å². The highest BCUT2D eigenvalue weighted by Gasteiger charge is 2.25. The minimum atomic E-state index is -1.38. The van der Waals surface area contributed by atoms with Gasteiger partial charge in [0.25, 0.3) is 0 Å². The number of hydrazine groups is 1. The number of hydrogen-bond acceptors (Lipinski definition) is 9. The maximum atomic E-state index is 11.9. The molecule has 0 bridgehead atoms. The summed E-state index contributed by atoms with van der Waals surface area (Å²) in [6.45, 7) is 11.2. The molecule has 0 radical (unpaired) electrons. The summed E-state index contributed by atoms with van der Waals surface area (Å²) in [5.41, 5.74) is 2.68. The van der Waals surface area contributed by atoms with Crippen LogP contribution in [0, 0.1) is 0 Å². The number of rotatable bonds is 10. The molecule has 10 nitrogen and oxygen atoms in total. The number of alkyl carbamates (subject to hydrolysis) is 1. The van der Waals surface area contributed by atoms with Crippen LogP contribution in [0.5, 0.6) is 5.75 Å². The van der Waals surface area contributed by atoms with Gasteiger partial charge in [0.05, 0.1) is 6.61 Å². The summed E-state index contributed by atoms with van der Waals surface area (Å²) >= 11 is 0. The van der Waals surface area contributed by atoms with Crippen LogP contribution >= 0.6 is 0 Å². The van der Waals surface area contributed by atoms with Crippen molar-refractivity contribution in [3.63, 3.8) is 0 Å². The fourth-order valence-electron chi connectivity index (χ4n) is 2.87. The third kappa shape index (κ3) is 9.98. The van der Waals surface area contributed by atoms with Gasteiger partial charge in [-0.25, -0.2) is 9.59 Å². The molecule has 2 atom stereocenters. The molecule has 0 aromatic heterocycles. The molecule has 2 rings (SSSR count). The Hall–Kier alpha value is -2.82. The molecule has 1 aliphatic rings. The average Bonchev–Trinajstić information content (AvgIpc) is 3.18. The summed E-state index contributed by atoms with van der Waals surface area (Å²) < 4.78 is 16.0. The van der Waals surface area contributed by atoms with Gasteiger partial charge in [-0.1, -0.05) is 17.3 Å². The van der Waals surface area contributed by atoms with Crippen LogP contribution in [0.3, 0.4) is 0 Å². The van der Waals surface area contributed by atoms with E-state index >= 15 is 0 Å². The maximum Gasteiger partial charge on any atom is 0.407 e. The zero-order valence-corrected chi connectivity index (χ0v) is 20.8. The number of nitrogens with zero attached hydrogens (tertiary/aromatic N) is 1. The molecule has 34 heavy (non-hydrogen) atoms. The van der Waals surface area contributed by atoms with Crippen molar-refractivity contribution in [1.82, 2.24) is 15.9 Å². The van der Waals surface area contributed by atoms with Crippen LogP contribution in [0.4, 0.5) is 4.79 Å². The van der Waals surface area contributed by atoms with E-state index in [2.05, 4.69) is 10.7 Å². The lowest BCUT2D eigenvalue weighted by Crippen LogP contribution is -2.35. The molecule has 10 heteroatoms. The fraction of sp³-hybridized carbons (Fsp3) is 0.583. The van der Waals surface area contributed by atoms with Crippen molar-refractivity contribution < 1.29 is 33.7 Å². The van der Waals surface area contributed by atoms with E-state index in [1.54, 1.807) is 38.2 Å². The van der Waals surface area contributed by atoms with Gasteiger partial charge in [-0.2, -0.15) is 0 Å². The van der Waals surface area contributed by atoms with Crippen molar-refractivity contribution in [2.45, 2.75) is 71.3 Å². The van der Waals surface area contributed by atoms with Crippen molar-refractivity contribution in [3.8, 4) is 5.75 Å². The molecule has 1 heterocycles. The average molecular weight is 480 g/mol. The third-order valence-corrected chi connectivity index (χ3v) is 4.24. The lowest BCUT2D eigenvalue weighted by molar-refractivity contribution is -0.198. The first kappa shape index (κ1) is 27.4. The van der Waals surface area contributed by atoms with Gasteiger partial charge < -0.3 is 30.1 Å². The second kappa shape index (κ2) is 12.0. The van der Waals surface area contributed by atoms with E-state index in [0.29, 0.717) is 25.3 Å². The number of hydroxylamine groups is 1. The summed E-state index contributed by atoms with van der Waals surface area (Å²) in [6.07, 6.45) is 2.44. The van der Waals surface area contributed by atoms with E-state index in [9.17, 15) is 14.7 Å². The van der Waals surface area contributed by atoms with E-state index in [-0.39, 0.29) is 12.6 Å². The second-order valence-corrected chi connectivity index (χ2v) is 9.81.